The number of para-hydroxylation sites is 2. The Morgan fingerprint density at radius 3 is 2.62 bits per heavy atom. The molecule has 1 amide bonds. The van der Waals surface area contributed by atoms with Crippen LogP contribution in [0.2, 0.25) is 0 Å². The minimum absolute atomic E-state index is 0.0997. The third-order valence-corrected chi connectivity index (χ3v) is 6.67. The standard InChI is InChI=1S/C29H26N4O3S/c1-3-18-37-29-30-27-26(31-32-29)21-14-8-10-16-23(21)33(25(34)4-2)28(36-27)22-15-9-11-17-24(22)35-19-20-12-6-5-7-13-20/h3,5-17,28H,1,4,18-19H2,2H3/t28-/m1/s1. The molecule has 1 aliphatic rings. The molecule has 0 bridgehead atoms. The first-order chi connectivity index (χ1) is 18.2. The van der Waals surface area contributed by atoms with Crippen LogP contribution in [0.15, 0.2) is 96.7 Å². The molecule has 0 fully saturated rings. The van der Waals surface area contributed by atoms with E-state index in [0.717, 1.165) is 11.1 Å². The molecule has 8 heteroatoms. The van der Waals surface area contributed by atoms with Crippen LogP contribution in [0.5, 0.6) is 11.6 Å². The largest absolute Gasteiger partial charge is 0.488 e. The highest BCUT2D eigenvalue weighted by Gasteiger charge is 2.36. The summed E-state index contributed by atoms with van der Waals surface area (Å²) in [6, 6.07) is 25.1. The van der Waals surface area contributed by atoms with Gasteiger partial charge in [-0.05, 0) is 23.8 Å². The van der Waals surface area contributed by atoms with Gasteiger partial charge in [-0.2, -0.15) is 4.98 Å². The number of amides is 1. The summed E-state index contributed by atoms with van der Waals surface area (Å²) in [5.74, 6) is 1.46. The van der Waals surface area contributed by atoms with Gasteiger partial charge in [0.2, 0.25) is 23.2 Å². The van der Waals surface area contributed by atoms with Gasteiger partial charge >= 0.3 is 0 Å². The molecule has 0 saturated carbocycles. The number of hydrogen-bond acceptors (Lipinski definition) is 7. The number of anilines is 1. The highest BCUT2D eigenvalue weighted by Crippen LogP contribution is 2.45. The lowest BCUT2D eigenvalue weighted by molar-refractivity contribution is -0.120. The van der Waals surface area contributed by atoms with Crippen LogP contribution in [0.1, 0.15) is 30.7 Å². The van der Waals surface area contributed by atoms with Crippen LogP contribution in [-0.2, 0) is 11.4 Å². The molecule has 0 N–H and O–H groups in total. The van der Waals surface area contributed by atoms with Crippen molar-refractivity contribution in [3.05, 3.63) is 103 Å². The number of carbonyl (C=O) groups is 1. The first-order valence-corrected chi connectivity index (χ1v) is 13.0. The van der Waals surface area contributed by atoms with Crippen molar-refractivity contribution in [2.45, 2.75) is 31.3 Å². The van der Waals surface area contributed by atoms with E-state index in [1.54, 1.807) is 11.0 Å². The van der Waals surface area contributed by atoms with Crippen molar-refractivity contribution < 1.29 is 14.3 Å². The number of rotatable bonds is 8. The van der Waals surface area contributed by atoms with Gasteiger partial charge < -0.3 is 9.47 Å². The second-order valence-corrected chi connectivity index (χ2v) is 9.25. The summed E-state index contributed by atoms with van der Waals surface area (Å²) in [5.41, 5.74) is 3.64. The average molecular weight is 511 g/mol. The Balaban J connectivity index is 1.62. The smallest absolute Gasteiger partial charge is 0.247 e. The number of benzene rings is 3. The van der Waals surface area contributed by atoms with Crippen LogP contribution < -0.4 is 14.4 Å². The maximum Gasteiger partial charge on any atom is 0.247 e. The topological polar surface area (TPSA) is 77.4 Å². The van der Waals surface area contributed by atoms with Crippen molar-refractivity contribution in [2.24, 2.45) is 0 Å². The highest BCUT2D eigenvalue weighted by atomic mass is 32.2. The highest BCUT2D eigenvalue weighted by molar-refractivity contribution is 7.99. The number of ether oxygens (including phenoxy) is 2. The van der Waals surface area contributed by atoms with Gasteiger partial charge in [-0.1, -0.05) is 85.4 Å². The molecule has 2 heterocycles. The zero-order valence-electron chi connectivity index (χ0n) is 20.4. The van der Waals surface area contributed by atoms with Crippen molar-refractivity contribution in [3.63, 3.8) is 0 Å². The summed E-state index contributed by atoms with van der Waals surface area (Å²) in [7, 11) is 0. The lowest BCUT2D eigenvalue weighted by atomic mass is 10.1. The molecule has 0 saturated heterocycles. The molecule has 186 valence electrons. The van der Waals surface area contributed by atoms with E-state index < -0.39 is 6.23 Å². The summed E-state index contributed by atoms with van der Waals surface area (Å²) >= 11 is 1.41. The first-order valence-electron chi connectivity index (χ1n) is 12.0. The van der Waals surface area contributed by atoms with E-state index in [1.807, 2.05) is 85.8 Å². The fraction of sp³-hybridized carbons (Fsp3) is 0.172. The molecule has 37 heavy (non-hydrogen) atoms. The zero-order valence-corrected chi connectivity index (χ0v) is 21.2. The number of aromatic nitrogens is 3. The Bertz CT molecular complexity index is 1410. The monoisotopic (exact) mass is 510 g/mol. The second kappa shape index (κ2) is 11.3. The lowest BCUT2D eigenvalue weighted by Crippen LogP contribution is -2.37. The van der Waals surface area contributed by atoms with E-state index in [0.29, 0.717) is 46.1 Å². The maximum absolute atomic E-state index is 13.4. The maximum atomic E-state index is 13.4. The van der Waals surface area contributed by atoms with Crippen LogP contribution in [-0.4, -0.2) is 26.8 Å². The van der Waals surface area contributed by atoms with Crippen LogP contribution in [0.25, 0.3) is 11.3 Å². The number of fused-ring (bicyclic) bond motifs is 3. The van der Waals surface area contributed by atoms with Crippen LogP contribution >= 0.6 is 11.8 Å². The molecule has 4 aromatic rings. The van der Waals surface area contributed by atoms with Gasteiger partial charge in [0.15, 0.2) is 5.69 Å². The average Bonchev–Trinajstić information content (AvgIpc) is 3.09. The van der Waals surface area contributed by atoms with Gasteiger partial charge in [-0.15, -0.1) is 16.8 Å². The molecule has 0 radical (unpaired) electrons. The quantitative estimate of drug-likeness (QED) is 0.205. The van der Waals surface area contributed by atoms with Crippen molar-refractivity contribution in [1.29, 1.82) is 0 Å². The number of hydrogen-bond donors (Lipinski definition) is 0. The van der Waals surface area contributed by atoms with Crippen molar-refractivity contribution in [2.75, 3.05) is 10.7 Å². The second-order valence-electron chi connectivity index (χ2n) is 8.26. The van der Waals surface area contributed by atoms with E-state index in [9.17, 15) is 4.79 Å². The Kier molecular flexibility index (Phi) is 7.46. The predicted molar refractivity (Wildman–Crippen MR) is 145 cm³/mol. The van der Waals surface area contributed by atoms with Gasteiger partial charge in [0.1, 0.15) is 12.4 Å². The van der Waals surface area contributed by atoms with E-state index >= 15 is 0 Å². The van der Waals surface area contributed by atoms with E-state index in [4.69, 9.17) is 9.47 Å². The van der Waals surface area contributed by atoms with Gasteiger partial charge in [0.05, 0.1) is 11.3 Å². The molecular weight excluding hydrogens is 484 g/mol. The van der Waals surface area contributed by atoms with Gasteiger partial charge in [0.25, 0.3) is 0 Å². The Labute approximate surface area is 220 Å². The van der Waals surface area contributed by atoms with Gasteiger partial charge in [0, 0.05) is 17.7 Å². The molecule has 1 aromatic heterocycles. The van der Waals surface area contributed by atoms with E-state index in [1.165, 1.54) is 11.8 Å². The van der Waals surface area contributed by atoms with E-state index in [2.05, 4.69) is 21.8 Å². The molecule has 3 aromatic carbocycles. The van der Waals surface area contributed by atoms with Gasteiger partial charge in [-0.25, -0.2) is 0 Å². The van der Waals surface area contributed by atoms with Crippen LogP contribution in [0.3, 0.4) is 0 Å². The fourth-order valence-corrected chi connectivity index (χ4v) is 4.61. The zero-order chi connectivity index (χ0) is 25.6. The molecular formula is C29H26N4O3S. The third-order valence-electron chi connectivity index (χ3n) is 5.84. The Morgan fingerprint density at radius 1 is 1.05 bits per heavy atom. The minimum atomic E-state index is -0.823. The fourth-order valence-electron chi connectivity index (χ4n) is 4.10. The third kappa shape index (κ3) is 5.20. The molecule has 1 atom stereocenters. The molecule has 1 aliphatic heterocycles. The van der Waals surface area contributed by atoms with Crippen LogP contribution in [0, 0.1) is 0 Å². The molecule has 5 rings (SSSR count). The lowest BCUT2D eigenvalue weighted by Gasteiger charge is -2.31. The number of carbonyl (C=O) groups excluding carboxylic acids is 1. The van der Waals surface area contributed by atoms with Gasteiger partial charge in [-0.3, -0.25) is 9.69 Å². The summed E-state index contributed by atoms with van der Waals surface area (Å²) in [4.78, 5) is 19.8. The summed E-state index contributed by atoms with van der Waals surface area (Å²) in [6.45, 7) is 5.98. The summed E-state index contributed by atoms with van der Waals surface area (Å²) < 4.78 is 12.8. The predicted octanol–water partition coefficient (Wildman–Crippen LogP) is 6.23. The molecule has 0 aliphatic carbocycles. The first kappa shape index (κ1) is 24.5. The molecule has 7 nitrogen and oxygen atoms in total. The molecule has 0 unspecified atom stereocenters. The summed E-state index contributed by atoms with van der Waals surface area (Å²) in [5, 5.41) is 9.21. The van der Waals surface area contributed by atoms with Crippen molar-refractivity contribution >= 4 is 23.4 Å². The normalized spacial score (nSPS) is 14.1. The van der Waals surface area contributed by atoms with Crippen molar-refractivity contribution in [1.82, 2.24) is 15.2 Å². The van der Waals surface area contributed by atoms with Crippen molar-refractivity contribution in [3.8, 4) is 22.9 Å². The Hall–Kier alpha value is -4.17. The van der Waals surface area contributed by atoms with E-state index in [-0.39, 0.29) is 12.3 Å². The number of nitrogens with zero attached hydrogens (tertiary/aromatic N) is 4. The van der Waals surface area contributed by atoms with Crippen LogP contribution in [0.4, 0.5) is 5.69 Å². The number of thioether (sulfide) groups is 1. The minimum Gasteiger partial charge on any atom is -0.488 e. The summed E-state index contributed by atoms with van der Waals surface area (Å²) in [6.07, 6.45) is 1.24. The Morgan fingerprint density at radius 2 is 1.81 bits per heavy atom. The molecule has 0 spiro atoms. The SMILES string of the molecule is C=CCSc1nnc2c(n1)O[C@H](c1ccccc1OCc1ccccc1)N(C(=O)CC)c1ccccc1-2.